The molecule has 2 aromatic carbocycles. The van der Waals surface area contributed by atoms with Gasteiger partial charge in [-0.2, -0.15) is 5.10 Å². The van der Waals surface area contributed by atoms with Crippen molar-refractivity contribution in [2.75, 3.05) is 0 Å². The zero-order valence-electron chi connectivity index (χ0n) is 13.5. The molecule has 0 aliphatic heterocycles. The Morgan fingerprint density at radius 3 is 2.35 bits per heavy atom. The van der Waals surface area contributed by atoms with Gasteiger partial charge in [-0.25, -0.2) is 9.50 Å². The van der Waals surface area contributed by atoms with Crippen molar-refractivity contribution in [2.45, 2.75) is 13.8 Å². The minimum absolute atomic E-state index is 0.849. The van der Waals surface area contributed by atoms with Gasteiger partial charge in [-0.05, 0) is 30.5 Å². The van der Waals surface area contributed by atoms with E-state index < -0.39 is 0 Å². The van der Waals surface area contributed by atoms with Crippen molar-refractivity contribution in [3.8, 4) is 22.4 Å². The van der Waals surface area contributed by atoms with E-state index in [-0.39, 0.29) is 0 Å². The topological polar surface area (TPSA) is 35.1 Å². The normalized spacial score (nSPS) is 11.3. The maximum absolute atomic E-state index is 4.68. The van der Waals surface area contributed by atoms with Gasteiger partial charge >= 0.3 is 0 Å². The second-order valence-electron chi connectivity index (χ2n) is 6.01. The predicted octanol–water partition coefficient (Wildman–Crippen LogP) is 4.02. The third kappa shape index (κ3) is 2.32. The molecule has 2 aromatic heterocycles. The fourth-order valence-corrected chi connectivity index (χ4v) is 2.88. The van der Waals surface area contributed by atoms with Gasteiger partial charge in [0.1, 0.15) is 6.33 Å². The van der Waals surface area contributed by atoms with Crippen molar-refractivity contribution < 1.29 is 0 Å². The van der Waals surface area contributed by atoms with Crippen LogP contribution in [0.15, 0.2) is 55.0 Å². The smallest absolute Gasteiger partial charge is 0.232 e. The van der Waals surface area contributed by atoms with Crippen LogP contribution in [0.1, 0.15) is 11.1 Å². The van der Waals surface area contributed by atoms with Crippen LogP contribution in [0.25, 0.3) is 28.2 Å². The number of benzene rings is 2. The molecular weight excluding hydrogens is 284 g/mol. The lowest BCUT2D eigenvalue weighted by molar-refractivity contribution is 0.931. The fourth-order valence-electron chi connectivity index (χ4n) is 2.88. The van der Waals surface area contributed by atoms with Crippen LogP contribution in [0.4, 0.5) is 0 Å². The number of hydrogen-bond donors (Lipinski definition) is 0. The Hall–Kier alpha value is -2.88. The molecule has 0 amide bonds. The Morgan fingerprint density at radius 1 is 0.913 bits per heavy atom. The second-order valence-corrected chi connectivity index (χ2v) is 6.01. The number of fused-ring (bicyclic) bond motifs is 1. The van der Waals surface area contributed by atoms with E-state index in [1.807, 2.05) is 22.3 Å². The highest BCUT2D eigenvalue weighted by Gasteiger charge is 2.10. The first-order valence-electron chi connectivity index (χ1n) is 7.66. The molecule has 0 atom stereocenters. The van der Waals surface area contributed by atoms with E-state index in [2.05, 4.69) is 66.4 Å². The molecule has 0 aliphatic carbocycles. The summed E-state index contributed by atoms with van der Waals surface area (Å²) in [5.74, 6) is 0.849. The molecule has 4 heteroatoms. The van der Waals surface area contributed by atoms with E-state index in [4.69, 9.17) is 0 Å². The van der Waals surface area contributed by atoms with E-state index in [0.29, 0.717) is 0 Å². The Balaban J connectivity index is 1.76. The summed E-state index contributed by atoms with van der Waals surface area (Å²) < 4.78 is 3.72. The summed E-state index contributed by atoms with van der Waals surface area (Å²) >= 11 is 0. The Morgan fingerprint density at radius 2 is 1.65 bits per heavy atom. The average molecular weight is 302 g/mol. The average Bonchev–Trinajstić information content (AvgIpc) is 3.10. The second kappa shape index (κ2) is 5.09. The van der Waals surface area contributed by atoms with Gasteiger partial charge in [0.15, 0.2) is 0 Å². The highest BCUT2D eigenvalue weighted by Crippen LogP contribution is 2.28. The van der Waals surface area contributed by atoms with Gasteiger partial charge in [-0.15, -0.1) is 0 Å². The largest absolute Gasteiger partial charge is 0.303 e. The zero-order chi connectivity index (χ0) is 16.0. The lowest BCUT2D eigenvalue weighted by Crippen LogP contribution is -1.88. The van der Waals surface area contributed by atoms with Crippen molar-refractivity contribution in [1.29, 1.82) is 0 Å². The molecule has 0 bridgehead atoms. The zero-order valence-corrected chi connectivity index (χ0v) is 13.5. The van der Waals surface area contributed by atoms with Crippen LogP contribution in [0.2, 0.25) is 0 Å². The molecule has 0 spiro atoms. The fraction of sp³-hybridized carbons (Fsp3) is 0.158. The first-order chi connectivity index (χ1) is 11.1. The maximum atomic E-state index is 4.68. The summed E-state index contributed by atoms with van der Waals surface area (Å²) in [5, 5.41) is 4.28. The van der Waals surface area contributed by atoms with Crippen LogP contribution in [0.5, 0.6) is 0 Å². The van der Waals surface area contributed by atoms with Crippen LogP contribution >= 0.6 is 0 Å². The Bertz CT molecular complexity index is 990. The maximum Gasteiger partial charge on any atom is 0.232 e. The minimum atomic E-state index is 0.849. The van der Waals surface area contributed by atoms with Gasteiger partial charge < -0.3 is 4.57 Å². The van der Waals surface area contributed by atoms with Gasteiger partial charge in [-0.3, -0.25) is 0 Å². The lowest BCUT2D eigenvalue weighted by atomic mass is 9.98. The van der Waals surface area contributed by atoms with E-state index in [9.17, 15) is 0 Å². The third-order valence-corrected chi connectivity index (χ3v) is 4.22. The van der Waals surface area contributed by atoms with E-state index >= 15 is 0 Å². The Labute approximate surface area is 135 Å². The first-order valence-corrected chi connectivity index (χ1v) is 7.66. The highest BCUT2D eigenvalue weighted by molar-refractivity contribution is 5.72. The van der Waals surface area contributed by atoms with Gasteiger partial charge in [0, 0.05) is 12.6 Å². The van der Waals surface area contributed by atoms with E-state index in [1.165, 1.54) is 22.3 Å². The summed E-state index contributed by atoms with van der Waals surface area (Å²) in [5.41, 5.74) is 7.06. The number of aromatic nitrogens is 4. The van der Waals surface area contributed by atoms with E-state index in [1.54, 1.807) is 6.33 Å². The molecule has 0 radical (unpaired) electrons. The lowest BCUT2D eigenvalue weighted by Gasteiger charge is -2.07. The summed E-state index contributed by atoms with van der Waals surface area (Å²) in [4.78, 5) is 4.68. The monoisotopic (exact) mass is 302 g/mol. The summed E-state index contributed by atoms with van der Waals surface area (Å²) in [6.07, 6.45) is 3.74. The van der Waals surface area contributed by atoms with Gasteiger partial charge in [-0.1, -0.05) is 48.0 Å². The number of hydrogen-bond acceptors (Lipinski definition) is 2. The van der Waals surface area contributed by atoms with Crippen LogP contribution in [-0.2, 0) is 7.05 Å². The number of rotatable bonds is 2. The van der Waals surface area contributed by atoms with Crippen LogP contribution < -0.4 is 0 Å². The van der Waals surface area contributed by atoms with E-state index in [0.717, 1.165) is 17.0 Å². The molecule has 4 rings (SSSR count). The van der Waals surface area contributed by atoms with Gasteiger partial charge in [0.25, 0.3) is 0 Å². The van der Waals surface area contributed by atoms with Crippen LogP contribution in [0.3, 0.4) is 0 Å². The molecule has 0 aliphatic rings. The summed E-state index contributed by atoms with van der Waals surface area (Å²) in [6, 6.07) is 15.1. The highest BCUT2D eigenvalue weighted by atomic mass is 15.4. The molecule has 0 N–H and O–H groups in total. The van der Waals surface area contributed by atoms with Gasteiger partial charge in [0.2, 0.25) is 5.78 Å². The molecule has 114 valence electrons. The molecule has 0 saturated heterocycles. The molecule has 2 heterocycles. The quantitative estimate of drug-likeness (QED) is 0.560. The van der Waals surface area contributed by atoms with Crippen LogP contribution in [0, 0.1) is 13.8 Å². The first kappa shape index (κ1) is 13.8. The third-order valence-electron chi connectivity index (χ3n) is 4.22. The SMILES string of the molecule is Cc1ccc(-c2ccc(-c3cn4ncn(C)c4n3)c(C)c2)cc1. The summed E-state index contributed by atoms with van der Waals surface area (Å²) in [6.45, 7) is 4.24. The molecule has 4 aromatic rings. The molecule has 0 unspecified atom stereocenters. The number of aryl methyl sites for hydroxylation is 3. The number of nitrogens with zero attached hydrogens (tertiary/aromatic N) is 4. The van der Waals surface area contributed by atoms with Crippen molar-refractivity contribution in [1.82, 2.24) is 19.2 Å². The van der Waals surface area contributed by atoms with Crippen molar-refractivity contribution in [3.63, 3.8) is 0 Å². The van der Waals surface area contributed by atoms with Crippen molar-refractivity contribution in [2.24, 2.45) is 7.05 Å². The van der Waals surface area contributed by atoms with Crippen molar-refractivity contribution in [3.05, 3.63) is 66.1 Å². The molecular formula is C19H18N4. The summed E-state index contributed by atoms with van der Waals surface area (Å²) in [7, 11) is 1.95. The number of imidazole rings is 1. The molecule has 0 fully saturated rings. The van der Waals surface area contributed by atoms with Crippen molar-refractivity contribution >= 4 is 5.78 Å². The van der Waals surface area contributed by atoms with Crippen LogP contribution in [-0.4, -0.2) is 19.2 Å². The Kier molecular flexibility index (Phi) is 3.05. The molecule has 0 saturated carbocycles. The predicted molar refractivity (Wildman–Crippen MR) is 92.3 cm³/mol. The minimum Gasteiger partial charge on any atom is -0.303 e. The molecule has 23 heavy (non-hydrogen) atoms. The van der Waals surface area contributed by atoms with Gasteiger partial charge in [0.05, 0.1) is 11.9 Å². The molecule has 4 nitrogen and oxygen atoms in total. The standard InChI is InChI=1S/C19H18N4/c1-13-4-6-15(7-5-13)16-8-9-17(14(2)10-16)18-11-23-19(21-18)22(3)12-20-23/h4-12H,1-3H3.